The van der Waals surface area contributed by atoms with Gasteiger partial charge in [-0.05, 0) is 14.1 Å². The predicted molar refractivity (Wildman–Crippen MR) is 77.4 cm³/mol. The second-order valence-corrected chi connectivity index (χ2v) is 6.98. The zero-order chi connectivity index (χ0) is 13.2. The number of alkyl halides is 2. The fraction of sp³-hybridized carbons (Fsp3) is 1.00. The number of hydrogen-bond acceptors (Lipinski definition) is 4. The first-order chi connectivity index (χ1) is 8.47. The summed E-state index contributed by atoms with van der Waals surface area (Å²) >= 11 is 13.1. The molecule has 2 unspecified atom stereocenters. The van der Waals surface area contributed by atoms with Crippen molar-refractivity contribution in [3.63, 3.8) is 0 Å². The van der Waals surface area contributed by atoms with Crippen molar-refractivity contribution < 1.29 is 17.1 Å². The third-order valence-electron chi connectivity index (χ3n) is 3.96. The van der Waals surface area contributed by atoms with Crippen LogP contribution in [0.1, 0.15) is 0 Å². The van der Waals surface area contributed by atoms with E-state index in [4.69, 9.17) is 23.2 Å². The van der Waals surface area contributed by atoms with Gasteiger partial charge in [-0.25, -0.2) is 0 Å². The Kier molecular flexibility index (Phi) is 7.39. The average Bonchev–Trinajstić information content (AvgIpc) is 2.40. The van der Waals surface area contributed by atoms with Gasteiger partial charge in [0.25, 0.3) is 0 Å². The minimum absolute atomic E-state index is 0. The van der Waals surface area contributed by atoms with Gasteiger partial charge in [0.2, 0.25) is 0 Å². The fourth-order valence-corrected chi connectivity index (χ4v) is 3.31. The van der Waals surface area contributed by atoms with Crippen molar-refractivity contribution in [2.45, 2.75) is 4.46 Å². The first-order valence-electron chi connectivity index (χ1n) is 6.70. The van der Waals surface area contributed by atoms with Crippen LogP contribution in [-0.4, -0.2) is 97.1 Å². The summed E-state index contributed by atoms with van der Waals surface area (Å²) < 4.78 is -0.768. The van der Waals surface area contributed by atoms with Gasteiger partial charge in [0.15, 0.2) is 4.46 Å². The van der Waals surface area contributed by atoms with E-state index in [2.05, 4.69) is 33.7 Å². The molecule has 7 heteroatoms. The standard InChI is InChI=1S/C12H24Cl2N4.Mn/c1-15-3-6-17-7-4-16(2)11-12(13,14)18(9-5-15)10-8-17;/h3-11H2,1-2H3;. The zero-order valence-electron chi connectivity index (χ0n) is 11.8. The molecule has 2 aliphatic heterocycles. The third kappa shape index (κ3) is 5.33. The summed E-state index contributed by atoms with van der Waals surface area (Å²) in [5.41, 5.74) is 0. The molecule has 0 aromatic rings. The van der Waals surface area contributed by atoms with E-state index in [0.29, 0.717) is 6.54 Å². The summed E-state index contributed by atoms with van der Waals surface area (Å²) in [5.74, 6) is 0. The molecule has 0 aliphatic carbocycles. The molecular weight excluding hydrogens is 326 g/mol. The molecule has 19 heavy (non-hydrogen) atoms. The van der Waals surface area contributed by atoms with Crippen molar-refractivity contribution in [3.8, 4) is 0 Å². The molecule has 0 amide bonds. The second kappa shape index (κ2) is 7.81. The van der Waals surface area contributed by atoms with Crippen molar-refractivity contribution >= 4 is 23.2 Å². The monoisotopic (exact) mass is 349 g/mol. The average molecular weight is 350 g/mol. The largest absolute Gasteiger partial charge is 0.304 e. The normalized spacial score (nSPS) is 34.1. The summed E-state index contributed by atoms with van der Waals surface area (Å²) in [6, 6.07) is 0. The molecule has 113 valence electrons. The van der Waals surface area contributed by atoms with Crippen molar-refractivity contribution in [3.05, 3.63) is 0 Å². The van der Waals surface area contributed by atoms with Gasteiger partial charge >= 0.3 is 0 Å². The molecule has 0 saturated carbocycles. The molecule has 4 nitrogen and oxygen atoms in total. The van der Waals surface area contributed by atoms with E-state index in [9.17, 15) is 0 Å². The molecule has 0 aromatic heterocycles. The predicted octanol–water partition coefficient (Wildman–Crippen LogP) is 0.610. The van der Waals surface area contributed by atoms with Crippen molar-refractivity contribution in [1.82, 2.24) is 19.6 Å². The van der Waals surface area contributed by atoms with Gasteiger partial charge in [-0.1, -0.05) is 23.2 Å². The van der Waals surface area contributed by atoms with E-state index in [1.165, 1.54) is 0 Å². The maximum atomic E-state index is 6.55. The van der Waals surface area contributed by atoms with Gasteiger partial charge in [-0.15, -0.1) is 0 Å². The van der Waals surface area contributed by atoms with Crippen molar-refractivity contribution in [1.29, 1.82) is 0 Å². The first kappa shape index (κ1) is 18.0. The first-order valence-corrected chi connectivity index (χ1v) is 7.45. The molecule has 2 saturated heterocycles. The molecule has 0 aromatic carbocycles. The van der Waals surface area contributed by atoms with Crippen LogP contribution >= 0.6 is 23.2 Å². The topological polar surface area (TPSA) is 13.0 Å². The molecule has 1 radical (unpaired) electrons. The summed E-state index contributed by atoms with van der Waals surface area (Å²) in [4.78, 5) is 9.32. The minimum atomic E-state index is -0.768. The van der Waals surface area contributed by atoms with Crippen LogP contribution < -0.4 is 0 Å². The van der Waals surface area contributed by atoms with Gasteiger partial charge in [0.1, 0.15) is 0 Å². The second-order valence-electron chi connectivity index (χ2n) is 5.54. The molecule has 2 atom stereocenters. The van der Waals surface area contributed by atoms with Crippen LogP contribution in [0.4, 0.5) is 0 Å². The van der Waals surface area contributed by atoms with Crippen molar-refractivity contribution in [2.24, 2.45) is 0 Å². The Hall–Kier alpha value is 0.939. The van der Waals surface area contributed by atoms with E-state index >= 15 is 0 Å². The molecule has 2 heterocycles. The Balaban J connectivity index is 0.00000180. The van der Waals surface area contributed by atoms with Gasteiger partial charge in [0, 0.05) is 76.0 Å². The third-order valence-corrected chi connectivity index (χ3v) is 4.67. The number of halogens is 2. The van der Waals surface area contributed by atoms with Crippen LogP contribution in [0.5, 0.6) is 0 Å². The van der Waals surface area contributed by atoms with Crippen molar-refractivity contribution in [2.75, 3.05) is 73.0 Å². The zero-order valence-corrected chi connectivity index (χ0v) is 14.5. The quantitative estimate of drug-likeness (QED) is 0.361. The Morgan fingerprint density at radius 2 is 1.21 bits per heavy atom. The van der Waals surface area contributed by atoms with Crippen LogP contribution in [0.15, 0.2) is 0 Å². The Morgan fingerprint density at radius 1 is 0.737 bits per heavy atom. The maximum absolute atomic E-state index is 6.55. The molecule has 0 N–H and O–H groups in total. The number of hydrogen-bond donors (Lipinski definition) is 0. The molecule has 2 bridgehead atoms. The van der Waals surface area contributed by atoms with Crippen LogP contribution in [0, 0.1) is 0 Å². The fourth-order valence-electron chi connectivity index (χ4n) is 2.57. The van der Waals surface area contributed by atoms with Crippen LogP contribution in [0.25, 0.3) is 0 Å². The Labute approximate surface area is 137 Å². The molecule has 0 spiro atoms. The van der Waals surface area contributed by atoms with Crippen LogP contribution in [0.2, 0.25) is 0 Å². The van der Waals surface area contributed by atoms with E-state index in [1.807, 2.05) is 0 Å². The van der Waals surface area contributed by atoms with Gasteiger partial charge in [-0.3, -0.25) is 9.80 Å². The Morgan fingerprint density at radius 3 is 1.89 bits per heavy atom. The van der Waals surface area contributed by atoms with Crippen LogP contribution in [0.3, 0.4) is 0 Å². The molecular formula is C12H24Cl2MnN4. The minimum Gasteiger partial charge on any atom is -0.304 e. The summed E-state index contributed by atoms with van der Waals surface area (Å²) in [7, 11) is 4.27. The number of likely N-dealkylation sites (N-methyl/N-ethyl adjacent to an activating group) is 2. The summed E-state index contributed by atoms with van der Waals surface area (Å²) in [5, 5.41) is 0. The van der Waals surface area contributed by atoms with E-state index in [-0.39, 0.29) is 17.1 Å². The summed E-state index contributed by atoms with van der Waals surface area (Å²) in [6.45, 7) is 9.06. The molecule has 2 rings (SSSR count). The number of nitrogens with zero attached hydrogens (tertiary/aromatic N) is 4. The van der Waals surface area contributed by atoms with Gasteiger partial charge in [-0.2, -0.15) is 0 Å². The van der Waals surface area contributed by atoms with Gasteiger partial charge < -0.3 is 9.80 Å². The molecule has 2 fully saturated rings. The van der Waals surface area contributed by atoms with E-state index in [0.717, 1.165) is 52.4 Å². The number of rotatable bonds is 0. The number of fused-ring (bicyclic) bond motifs is 3. The Bertz CT molecular complexity index is 280. The van der Waals surface area contributed by atoms with E-state index < -0.39 is 4.46 Å². The maximum Gasteiger partial charge on any atom is 0.184 e. The SMILES string of the molecule is CN1CCN2CCN(C)CC(Cl)(Cl)N(CC1)CC2.[Mn]. The van der Waals surface area contributed by atoms with Crippen LogP contribution in [-0.2, 0) is 17.1 Å². The summed E-state index contributed by atoms with van der Waals surface area (Å²) in [6.07, 6.45) is 0. The van der Waals surface area contributed by atoms with E-state index in [1.54, 1.807) is 0 Å². The smallest absolute Gasteiger partial charge is 0.184 e. The van der Waals surface area contributed by atoms with Gasteiger partial charge in [0.05, 0.1) is 0 Å². The molecule has 2 aliphatic rings.